The van der Waals surface area contributed by atoms with Gasteiger partial charge in [-0.15, -0.1) is 0 Å². The largest absolute Gasteiger partial charge is 0.397 e. The number of hydrogen-bond donors (Lipinski definition) is 1. The topological polar surface area (TPSA) is 51.3 Å². The quantitative estimate of drug-likeness (QED) is 0.929. The second-order valence-electron chi connectivity index (χ2n) is 6.70. The maximum absolute atomic E-state index is 12.8. The second kappa shape index (κ2) is 6.12. The minimum absolute atomic E-state index is 0.171. The molecule has 1 aliphatic heterocycles. The van der Waals surface area contributed by atoms with E-state index in [0.717, 1.165) is 43.6 Å². The smallest absolute Gasteiger partial charge is 0.270 e. The summed E-state index contributed by atoms with van der Waals surface area (Å²) in [5.41, 5.74) is 7.35. The van der Waals surface area contributed by atoms with Crippen LogP contribution >= 0.6 is 0 Å². The van der Waals surface area contributed by atoms with Crippen molar-refractivity contribution in [1.29, 1.82) is 0 Å². The van der Waals surface area contributed by atoms with E-state index >= 15 is 0 Å². The Labute approximate surface area is 127 Å². The van der Waals surface area contributed by atoms with E-state index in [4.69, 9.17) is 5.73 Å². The molecule has 2 fully saturated rings. The maximum Gasteiger partial charge on any atom is 0.270 e. The minimum Gasteiger partial charge on any atom is -0.397 e. The lowest BCUT2D eigenvalue weighted by Crippen LogP contribution is -2.45. The zero-order chi connectivity index (χ0) is 14.8. The zero-order valence-corrected chi connectivity index (χ0v) is 13.1. The molecular weight excluding hydrogens is 262 g/mol. The van der Waals surface area contributed by atoms with Crippen LogP contribution in [0.1, 0.15) is 55.9 Å². The molecule has 4 nitrogen and oxygen atoms in total. The molecule has 1 aliphatic carbocycles. The molecule has 4 heteroatoms. The SMILES string of the molecule is CCCn1cc(N)cc1C(=O)N1CCC2CCCCC2C1. The lowest BCUT2D eigenvalue weighted by atomic mass is 9.75. The van der Waals surface area contributed by atoms with Gasteiger partial charge in [-0.25, -0.2) is 0 Å². The first kappa shape index (κ1) is 14.5. The first-order chi connectivity index (χ1) is 10.2. The molecule has 21 heavy (non-hydrogen) atoms. The molecule has 116 valence electrons. The Morgan fingerprint density at radius 2 is 2.05 bits per heavy atom. The van der Waals surface area contributed by atoms with Crippen molar-refractivity contribution in [2.24, 2.45) is 11.8 Å². The number of fused-ring (bicyclic) bond motifs is 1. The average molecular weight is 289 g/mol. The van der Waals surface area contributed by atoms with Crippen molar-refractivity contribution < 1.29 is 4.79 Å². The third-order valence-electron chi connectivity index (χ3n) is 5.18. The number of carbonyl (C=O) groups is 1. The highest BCUT2D eigenvalue weighted by Crippen LogP contribution is 2.36. The van der Waals surface area contributed by atoms with Crippen LogP contribution in [-0.2, 0) is 6.54 Å². The zero-order valence-electron chi connectivity index (χ0n) is 13.1. The molecule has 1 saturated heterocycles. The molecule has 1 aromatic heterocycles. The first-order valence-electron chi connectivity index (χ1n) is 8.44. The van der Waals surface area contributed by atoms with E-state index in [1.807, 2.05) is 16.8 Å². The van der Waals surface area contributed by atoms with Crippen molar-refractivity contribution in [3.63, 3.8) is 0 Å². The highest BCUT2D eigenvalue weighted by molar-refractivity contribution is 5.94. The minimum atomic E-state index is 0.171. The molecule has 1 aromatic rings. The summed E-state index contributed by atoms with van der Waals surface area (Å²) in [6.07, 6.45) is 9.47. The van der Waals surface area contributed by atoms with Crippen molar-refractivity contribution in [1.82, 2.24) is 9.47 Å². The molecule has 0 radical (unpaired) electrons. The highest BCUT2D eigenvalue weighted by atomic mass is 16.2. The number of rotatable bonds is 3. The van der Waals surface area contributed by atoms with Crippen molar-refractivity contribution in [3.8, 4) is 0 Å². The molecule has 0 bridgehead atoms. The molecule has 1 amide bonds. The van der Waals surface area contributed by atoms with Gasteiger partial charge >= 0.3 is 0 Å². The lowest BCUT2D eigenvalue weighted by Gasteiger charge is -2.41. The third kappa shape index (κ3) is 2.94. The Hall–Kier alpha value is -1.45. The first-order valence-corrected chi connectivity index (χ1v) is 8.44. The van der Waals surface area contributed by atoms with Crippen LogP contribution in [0.25, 0.3) is 0 Å². The van der Waals surface area contributed by atoms with Gasteiger partial charge in [0.1, 0.15) is 5.69 Å². The number of aromatic nitrogens is 1. The molecule has 1 saturated carbocycles. The Morgan fingerprint density at radius 1 is 1.29 bits per heavy atom. The fourth-order valence-electron chi connectivity index (χ4n) is 4.09. The molecule has 0 aromatic carbocycles. The van der Waals surface area contributed by atoms with Gasteiger partial charge in [-0.3, -0.25) is 4.79 Å². The number of nitrogens with zero attached hydrogens (tertiary/aromatic N) is 2. The number of aryl methyl sites for hydroxylation is 1. The van der Waals surface area contributed by atoms with E-state index in [-0.39, 0.29) is 5.91 Å². The van der Waals surface area contributed by atoms with E-state index in [1.54, 1.807) is 0 Å². The number of hydrogen-bond acceptors (Lipinski definition) is 2. The van der Waals surface area contributed by atoms with Crippen LogP contribution in [0.15, 0.2) is 12.3 Å². The van der Waals surface area contributed by atoms with Gasteiger partial charge in [-0.05, 0) is 37.2 Å². The van der Waals surface area contributed by atoms with Crippen LogP contribution in [0.4, 0.5) is 5.69 Å². The highest BCUT2D eigenvalue weighted by Gasteiger charge is 2.33. The van der Waals surface area contributed by atoms with Crippen LogP contribution in [0, 0.1) is 11.8 Å². The van der Waals surface area contributed by atoms with E-state index in [1.165, 1.54) is 32.1 Å². The third-order valence-corrected chi connectivity index (χ3v) is 5.18. The van der Waals surface area contributed by atoms with Crippen molar-refractivity contribution in [3.05, 3.63) is 18.0 Å². The van der Waals surface area contributed by atoms with Gasteiger partial charge in [0.2, 0.25) is 0 Å². The lowest BCUT2D eigenvalue weighted by molar-refractivity contribution is 0.0511. The number of piperidine rings is 1. The molecule has 2 atom stereocenters. The summed E-state index contributed by atoms with van der Waals surface area (Å²) in [5.74, 6) is 1.75. The molecule has 0 spiro atoms. The van der Waals surface area contributed by atoms with Gasteiger partial charge in [-0.1, -0.05) is 26.2 Å². The number of carbonyl (C=O) groups excluding carboxylic acids is 1. The van der Waals surface area contributed by atoms with Gasteiger partial charge in [0.25, 0.3) is 5.91 Å². The Balaban J connectivity index is 1.73. The Kier molecular flexibility index (Phi) is 4.22. The normalized spacial score (nSPS) is 25.7. The molecule has 2 N–H and O–H groups in total. The molecule has 2 unspecified atom stereocenters. The fraction of sp³-hybridized carbons (Fsp3) is 0.706. The van der Waals surface area contributed by atoms with Gasteiger partial charge in [0.05, 0.1) is 5.69 Å². The summed E-state index contributed by atoms with van der Waals surface area (Å²) in [4.78, 5) is 14.9. The van der Waals surface area contributed by atoms with Crippen molar-refractivity contribution in [2.75, 3.05) is 18.8 Å². The van der Waals surface area contributed by atoms with Crippen molar-refractivity contribution >= 4 is 11.6 Å². The second-order valence-corrected chi connectivity index (χ2v) is 6.70. The monoisotopic (exact) mass is 289 g/mol. The van der Waals surface area contributed by atoms with Crippen LogP contribution in [-0.4, -0.2) is 28.5 Å². The standard InChI is InChI=1S/C17H27N3O/c1-2-8-19-12-15(18)10-16(19)17(21)20-9-7-13-5-3-4-6-14(13)11-20/h10,12-14H,2-9,11,18H2,1H3. The molecular formula is C17H27N3O. The summed E-state index contributed by atoms with van der Waals surface area (Å²) in [7, 11) is 0. The summed E-state index contributed by atoms with van der Waals surface area (Å²) in [5, 5.41) is 0. The van der Waals surface area contributed by atoms with Crippen molar-refractivity contribution in [2.45, 2.75) is 52.0 Å². The van der Waals surface area contributed by atoms with E-state index in [9.17, 15) is 4.79 Å². The van der Waals surface area contributed by atoms with E-state index in [2.05, 4.69) is 11.8 Å². The molecule has 2 heterocycles. The summed E-state index contributed by atoms with van der Waals surface area (Å²) >= 11 is 0. The Morgan fingerprint density at radius 3 is 2.81 bits per heavy atom. The predicted octanol–water partition coefficient (Wildman–Crippen LogP) is 3.13. The molecule has 2 aliphatic rings. The average Bonchev–Trinajstić information content (AvgIpc) is 2.87. The van der Waals surface area contributed by atoms with E-state index in [0.29, 0.717) is 5.69 Å². The number of anilines is 1. The predicted molar refractivity (Wildman–Crippen MR) is 85.1 cm³/mol. The van der Waals surface area contributed by atoms with Gasteiger partial charge in [0.15, 0.2) is 0 Å². The summed E-state index contributed by atoms with van der Waals surface area (Å²) < 4.78 is 2.02. The van der Waals surface area contributed by atoms with E-state index < -0.39 is 0 Å². The van der Waals surface area contributed by atoms with Crippen LogP contribution < -0.4 is 5.73 Å². The summed E-state index contributed by atoms with van der Waals surface area (Å²) in [6, 6.07) is 1.84. The number of nitrogen functional groups attached to an aromatic ring is 1. The number of amides is 1. The Bertz CT molecular complexity index is 508. The maximum atomic E-state index is 12.8. The molecule has 3 rings (SSSR count). The van der Waals surface area contributed by atoms with Crippen LogP contribution in [0.5, 0.6) is 0 Å². The van der Waals surface area contributed by atoms with Crippen LogP contribution in [0.3, 0.4) is 0 Å². The number of likely N-dealkylation sites (tertiary alicyclic amines) is 1. The van der Waals surface area contributed by atoms with Gasteiger partial charge in [-0.2, -0.15) is 0 Å². The van der Waals surface area contributed by atoms with Crippen LogP contribution in [0.2, 0.25) is 0 Å². The van der Waals surface area contributed by atoms with Gasteiger partial charge in [0, 0.05) is 25.8 Å². The number of nitrogens with two attached hydrogens (primary N) is 1. The van der Waals surface area contributed by atoms with Gasteiger partial charge < -0.3 is 15.2 Å². The fourth-order valence-corrected chi connectivity index (χ4v) is 4.09. The summed E-state index contributed by atoms with van der Waals surface area (Å²) in [6.45, 7) is 4.84.